The van der Waals surface area contributed by atoms with Gasteiger partial charge in [-0.15, -0.1) is 0 Å². The molecule has 102 valence electrons. The number of aliphatic hydroxyl groups is 1. The zero-order valence-corrected chi connectivity index (χ0v) is 11.6. The van der Waals surface area contributed by atoms with Gasteiger partial charge in [-0.3, -0.25) is 4.68 Å². The topological polar surface area (TPSA) is 47.3 Å². The van der Waals surface area contributed by atoms with Crippen LogP contribution in [0, 0.1) is 6.92 Å². The number of nitrogens with zero attached hydrogens (tertiary/aromatic N) is 2. The van der Waals surface area contributed by atoms with Crippen molar-refractivity contribution in [3.8, 4) is 5.75 Å². The number of rotatable bonds is 5. The van der Waals surface area contributed by atoms with Crippen molar-refractivity contribution >= 4 is 0 Å². The van der Waals surface area contributed by atoms with Crippen LogP contribution in [0.25, 0.3) is 0 Å². The minimum Gasteiger partial charge on any atom is -0.488 e. The molecule has 0 amide bonds. The summed E-state index contributed by atoms with van der Waals surface area (Å²) in [5.41, 5.74) is 2.96. The zero-order valence-electron chi connectivity index (χ0n) is 11.6. The molecule has 19 heavy (non-hydrogen) atoms. The summed E-state index contributed by atoms with van der Waals surface area (Å²) in [6.45, 7) is 7.10. The molecule has 1 aromatic heterocycles. The molecule has 1 heterocycles. The molecule has 0 aliphatic carbocycles. The van der Waals surface area contributed by atoms with Crippen LogP contribution in [-0.4, -0.2) is 14.9 Å². The highest BCUT2D eigenvalue weighted by Gasteiger charge is 2.10. The minimum absolute atomic E-state index is 0.461. The van der Waals surface area contributed by atoms with Crippen LogP contribution >= 0.6 is 0 Å². The standard InChI is InChI=1S/C15H20N2O2/c1-4-17-9-13(8-16-17)10-19-15-6-5-11(2)7-14(15)12(3)18/h5-9,12,18H,4,10H2,1-3H3/t12-/m1/s1. The zero-order chi connectivity index (χ0) is 13.8. The summed E-state index contributed by atoms with van der Waals surface area (Å²) in [6.07, 6.45) is 3.24. The van der Waals surface area contributed by atoms with E-state index in [1.807, 2.05) is 42.9 Å². The van der Waals surface area contributed by atoms with Gasteiger partial charge < -0.3 is 9.84 Å². The van der Waals surface area contributed by atoms with Crippen molar-refractivity contribution in [2.45, 2.75) is 40.0 Å². The molecule has 2 aromatic rings. The fourth-order valence-corrected chi connectivity index (χ4v) is 1.94. The molecule has 0 aliphatic heterocycles. The smallest absolute Gasteiger partial charge is 0.125 e. The van der Waals surface area contributed by atoms with Crippen molar-refractivity contribution < 1.29 is 9.84 Å². The summed E-state index contributed by atoms with van der Waals surface area (Å²) in [5, 5.41) is 14.0. The summed E-state index contributed by atoms with van der Waals surface area (Å²) in [4.78, 5) is 0. The second-order valence-corrected chi connectivity index (χ2v) is 4.71. The maximum absolute atomic E-state index is 9.77. The van der Waals surface area contributed by atoms with Gasteiger partial charge in [-0.25, -0.2) is 0 Å². The molecule has 1 N–H and O–H groups in total. The van der Waals surface area contributed by atoms with Gasteiger partial charge in [-0.2, -0.15) is 5.10 Å². The van der Waals surface area contributed by atoms with Gasteiger partial charge in [0.1, 0.15) is 12.4 Å². The second-order valence-electron chi connectivity index (χ2n) is 4.71. The predicted octanol–water partition coefficient (Wildman–Crippen LogP) is 2.84. The Bertz CT molecular complexity index is 547. The van der Waals surface area contributed by atoms with Crippen LogP contribution in [-0.2, 0) is 13.2 Å². The van der Waals surface area contributed by atoms with E-state index in [1.165, 1.54) is 0 Å². The molecule has 0 spiro atoms. The Kier molecular flexibility index (Phi) is 4.22. The highest BCUT2D eigenvalue weighted by molar-refractivity contribution is 5.38. The third-order valence-electron chi connectivity index (χ3n) is 3.02. The first-order chi connectivity index (χ1) is 9.10. The fraction of sp³-hybridized carbons (Fsp3) is 0.400. The van der Waals surface area contributed by atoms with E-state index < -0.39 is 6.10 Å². The van der Waals surface area contributed by atoms with Gasteiger partial charge in [-0.05, 0) is 32.9 Å². The fourth-order valence-electron chi connectivity index (χ4n) is 1.94. The first-order valence-electron chi connectivity index (χ1n) is 6.53. The molecular formula is C15H20N2O2. The lowest BCUT2D eigenvalue weighted by atomic mass is 10.1. The molecule has 1 atom stereocenters. The Balaban J connectivity index is 2.10. The third-order valence-corrected chi connectivity index (χ3v) is 3.02. The highest BCUT2D eigenvalue weighted by Crippen LogP contribution is 2.26. The summed E-state index contributed by atoms with van der Waals surface area (Å²) in [5.74, 6) is 0.727. The normalized spacial score (nSPS) is 12.4. The maximum Gasteiger partial charge on any atom is 0.125 e. The number of benzene rings is 1. The molecule has 1 aromatic carbocycles. The van der Waals surface area contributed by atoms with E-state index in [0.29, 0.717) is 6.61 Å². The number of hydrogen-bond acceptors (Lipinski definition) is 3. The summed E-state index contributed by atoms with van der Waals surface area (Å²) >= 11 is 0. The lowest BCUT2D eigenvalue weighted by molar-refractivity contribution is 0.190. The molecule has 0 radical (unpaired) electrons. The number of aliphatic hydroxyl groups excluding tert-OH is 1. The average molecular weight is 260 g/mol. The van der Waals surface area contributed by atoms with Crippen molar-refractivity contribution in [1.82, 2.24) is 9.78 Å². The van der Waals surface area contributed by atoms with E-state index in [9.17, 15) is 5.11 Å². The van der Waals surface area contributed by atoms with Crippen LogP contribution in [0.3, 0.4) is 0 Å². The van der Waals surface area contributed by atoms with E-state index in [2.05, 4.69) is 5.10 Å². The van der Waals surface area contributed by atoms with Crippen LogP contribution in [0.4, 0.5) is 0 Å². The first-order valence-corrected chi connectivity index (χ1v) is 6.53. The van der Waals surface area contributed by atoms with E-state index >= 15 is 0 Å². The van der Waals surface area contributed by atoms with Gasteiger partial charge in [-0.1, -0.05) is 11.6 Å². The van der Waals surface area contributed by atoms with Crippen LogP contribution in [0.2, 0.25) is 0 Å². The minimum atomic E-state index is -0.534. The summed E-state index contributed by atoms with van der Waals surface area (Å²) in [6, 6.07) is 5.84. The van der Waals surface area contributed by atoms with Gasteiger partial charge in [0.05, 0.1) is 12.3 Å². The predicted molar refractivity (Wildman–Crippen MR) is 74.0 cm³/mol. The number of ether oxygens (including phenoxy) is 1. The van der Waals surface area contributed by atoms with Crippen molar-refractivity contribution in [2.75, 3.05) is 0 Å². The van der Waals surface area contributed by atoms with Crippen LogP contribution in [0.5, 0.6) is 5.75 Å². The molecule has 4 nitrogen and oxygen atoms in total. The third kappa shape index (κ3) is 3.35. The number of aromatic nitrogens is 2. The molecule has 4 heteroatoms. The van der Waals surface area contributed by atoms with E-state index in [1.54, 1.807) is 13.1 Å². The Labute approximate surface area is 113 Å². The highest BCUT2D eigenvalue weighted by atomic mass is 16.5. The largest absolute Gasteiger partial charge is 0.488 e. The van der Waals surface area contributed by atoms with Gasteiger partial charge in [0.25, 0.3) is 0 Å². The molecule has 2 rings (SSSR count). The molecule has 0 aliphatic rings. The molecular weight excluding hydrogens is 240 g/mol. The Morgan fingerprint density at radius 1 is 1.42 bits per heavy atom. The van der Waals surface area contributed by atoms with Crippen molar-refractivity contribution in [3.63, 3.8) is 0 Å². The van der Waals surface area contributed by atoms with Gasteiger partial charge in [0.2, 0.25) is 0 Å². The Morgan fingerprint density at radius 2 is 2.21 bits per heavy atom. The van der Waals surface area contributed by atoms with Crippen molar-refractivity contribution in [3.05, 3.63) is 47.3 Å². The SMILES string of the molecule is CCn1cc(COc2ccc(C)cc2[C@@H](C)O)cn1. The van der Waals surface area contributed by atoms with Crippen LogP contribution in [0.1, 0.15) is 36.6 Å². The van der Waals surface area contributed by atoms with Crippen molar-refractivity contribution in [1.29, 1.82) is 0 Å². The molecule has 0 unspecified atom stereocenters. The second kappa shape index (κ2) is 5.89. The molecule has 0 bridgehead atoms. The van der Waals surface area contributed by atoms with E-state index in [-0.39, 0.29) is 0 Å². The monoisotopic (exact) mass is 260 g/mol. The van der Waals surface area contributed by atoms with Gasteiger partial charge >= 0.3 is 0 Å². The van der Waals surface area contributed by atoms with Crippen LogP contribution < -0.4 is 4.74 Å². The van der Waals surface area contributed by atoms with E-state index in [0.717, 1.165) is 29.0 Å². The van der Waals surface area contributed by atoms with Gasteiger partial charge in [0.15, 0.2) is 0 Å². The Hall–Kier alpha value is -1.81. The summed E-state index contributed by atoms with van der Waals surface area (Å²) < 4.78 is 7.65. The van der Waals surface area contributed by atoms with Gasteiger partial charge in [0, 0.05) is 23.9 Å². The number of aryl methyl sites for hydroxylation is 2. The average Bonchev–Trinajstić information content (AvgIpc) is 2.85. The lowest BCUT2D eigenvalue weighted by Crippen LogP contribution is -2.01. The lowest BCUT2D eigenvalue weighted by Gasteiger charge is -2.13. The van der Waals surface area contributed by atoms with E-state index in [4.69, 9.17) is 4.74 Å². The molecule has 0 saturated heterocycles. The Morgan fingerprint density at radius 3 is 2.84 bits per heavy atom. The molecule has 0 saturated carbocycles. The quantitative estimate of drug-likeness (QED) is 0.899. The van der Waals surface area contributed by atoms with Crippen LogP contribution in [0.15, 0.2) is 30.6 Å². The first kappa shape index (κ1) is 13.6. The maximum atomic E-state index is 9.77. The van der Waals surface area contributed by atoms with Crippen molar-refractivity contribution in [2.24, 2.45) is 0 Å². The summed E-state index contributed by atoms with van der Waals surface area (Å²) in [7, 11) is 0. The molecule has 0 fully saturated rings. The number of hydrogen-bond donors (Lipinski definition) is 1.